The molecule has 3 nitrogen and oxygen atoms in total. The molecular formula is C9H13INO2+. The second kappa shape index (κ2) is 5.90. The van der Waals surface area contributed by atoms with E-state index in [-0.39, 0.29) is 29.9 Å². The number of carbonyl (C=O) groups is 1. The summed E-state index contributed by atoms with van der Waals surface area (Å²) in [5.74, 6) is -0.266. The van der Waals surface area contributed by atoms with Crippen molar-refractivity contribution in [2.75, 3.05) is 6.61 Å². The van der Waals surface area contributed by atoms with Crippen molar-refractivity contribution in [2.24, 2.45) is 7.05 Å². The van der Waals surface area contributed by atoms with Crippen LogP contribution in [0.1, 0.15) is 17.3 Å². The van der Waals surface area contributed by atoms with E-state index in [0.29, 0.717) is 12.2 Å². The highest BCUT2D eigenvalue weighted by Gasteiger charge is 2.06. The van der Waals surface area contributed by atoms with Crippen molar-refractivity contribution < 1.29 is 14.1 Å². The van der Waals surface area contributed by atoms with Gasteiger partial charge in [0.25, 0.3) is 0 Å². The topological polar surface area (TPSA) is 30.2 Å². The number of hydrogen-bond donors (Lipinski definition) is 0. The SMILES string of the molecule is CCOC(=O)c1cc[n+](C)cc1.I. The van der Waals surface area contributed by atoms with Gasteiger partial charge in [-0.05, 0) is 6.92 Å². The Morgan fingerprint density at radius 3 is 2.46 bits per heavy atom. The fraction of sp³-hybridized carbons (Fsp3) is 0.333. The first-order chi connectivity index (χ1) is 5.74. The monoisotopic (exact) mass is 294 g/mol. The molecule has 4 heteroatoms. The van der Waals surface area contributed by atoms with Crippen LogP contribution in [0.5, 0.6) is 0 Å². The number of pyridine rings is 1. The molecule has 0 N–H and O–H groups in total. The number of nitrogens with zero attached hydrogens (tertiary/aromatic N) is 1. The molecule has 0 aliphatic carbocycles. The molecule has 0 atom stereocenters. The molecule has 1 heterocycles. The molecule has 0 aliphatic rings. The minimum absolute atomic E-state index is 0. The van der Waals surface area contributed by atoms with E-state index < -0.39 is 0 Å². The van der Waals surface area contributed by atoms with E-state index in [1.165, 1.54) is 0 Å². The predicted molar refractivity (Wildman–Crippen MR) is 59.0 cm³/mol. The number of esters is 1. The number of aromatic nitrogens is 1. The van der Waals surface area contributed by atoms with Crippen molar-refractivity contribution in [1.29, 1.82) is 0 Å². The lowest BCUT2D eigenvalue weighted by atomic mass is 10.3. The zero-order valence-electron chi connectivity index (χ0n) is 7.69. The largest absolute Gasteiger partial charge is 0.462 e. The van der Waals surface area contributed by atoms with Crippen LogP contribution in [0.4, 0.5) is 0 Å². The second-order valence-corrected chi connectivity index (χ2v) is 2.47. The Bertz CT molecular complexity index is 271. The van der Waals surface area contributed by atoms with Gasteiger partial charge in [-0.2, -0.15) is 0 Å². The fourth-order valence-corrected chi connectivity index (χ4v) is 0.851. The molecule has 0 amide bonds. The van der Waals surface area contributed by atoms with Gasteiger partial charge in [-0.25, -0.2) is 9.36 Å². The number of ether oxygens (including phenoxy) is 1. The van der Waals surface area contributed by atoms with E-state index in [2.05, 4.69) is 0 Å². The highest BCUT2D eigenvalue weighted by molar-refractivity contribution is 14.0. The van der Waals surface area contributed by atoms with Crippen LogP contribution in [0.2, 0.25) is 0 Å². The number of hydrogen-bond acceptors (Lipinski definition) is 2. The van der Waals surface area contributed by atoms with E-state index in [1.807, 2.05) is 24.0 Å². The lowest BCUT2D eigenvalue weighted by Crippen LogP contribution is -2.26. The van der Waals surface area contributed by atoms with Gasteiger partial charge in [0, 0.05) is 12.1 Å². The molecule has 1 aromatic rings. The van der Waals surface area contributed by atoms with E-state index in [1.54, 1.807) is 19.1 Å². The van der Waals surface area contributed by atoms with Crippen molar-refractivity contribution in [3.8, 4) is 0 Å². The van der Waals surface area contributed by atoms with Crippen molar-refractivity contribution in [1.82, 2.24) is 0 Å². The summed E-state index contributed by atoms with van der Waals surface area (Å²) in [7, 11) is 1.90. The van der Waals surface area contributed by atoms with Crippen molar-refractivity contribution in [3.63, 3.8) is 0 Å². The van der Waals surface area contributed by atoms with Gasteiger partial charge in [-0.1, -0.05) is 0 Å². The Morgan fingerprint density at radius 2 is 2.00 bits per heavy atom. The Labute approximate surface area is 94.7 Å². The summed E-state index contributed by atoms with van der Waals surface area (Å²) in [4.78, 5) is 11.1. The number of carbonyl (C=O) groups excluding carboxylic acids is 1. The zero-order valence-corrected chi connectivity index (χ0v) is 10.0. The van der Waals surface area contributed by atoms with Gasteiger partial charge in [-0.3, -0.25) is 0 Å². The minimum Gasteiger partial charge on any atom is -0.462 e. The Morgan fingerprint density at radius 1 is 1.46 bits per heavy atom. The van der Waals surface area contributed by atoms with Gasteiger partial charge < -0.3 is 4.74 Å². The lowest BCUT2D eigenvalue weighted by molar-refractivity contribution is -0.671. The molecule has 1 aromatic heterocycles. The van der Waals surface area contributed by atoms with E-state index in [0.717, 1.165) is 0 Å². The Kier molecular flexibility index (Phi) is 5.61. The molecule has 0 aliphatic heterocycles. The fourth-order valence-electron chi connectivity index (χ4n) is 0.851. The third-order valence-corrected chi connectivity index (χ3v) is 1.49. The lowest BCUT2D eigenvalue weighted by Gasteiger charge is -1.98. The van der Waals surface area contributed by atoms with Crippen LogP contribution in [0.15, 0.2) is 24.5 Å². The summed E-state index contributed by atoms with van der Waals surface area (Å²) in [5, 5.41) is 0. The predicted octanol–water partition coefficient (Wildman–Crippen LogP) is 1.31. The summed E-state index contributed by atoms with van der Waals surface area (Å²) in [5.41, 5.74) is 0.593. The standard InChI is InChI=1S/C9H12NO2.HI/c1-3-12-9(11)8-4-6-10(2)7-5-8;/h4-7H,3H2,1-2H3;1H/q+1;. The van der Waals surface area contributed by atoms with Gasteiger partial charge in [0.15, 0.2) is 12.4 Å². The summed E-state index contributed by atoms with van der Waals surface area (Å²) in [6.45, 7) is 2.21. The molecular weight excluding hydrogens is 281 g/mol. The smallest absolute Gasteiger partial charge is 0.338 e. The van der Waals surface area contributed by atoms with Crippen LogP contribution in [0, 0.1) is 0 Å². The first kappa shape index (κ1) is 12.3. The maximum absolute atomic E-state index is 11.1. The maximum atomic E-state index is 11.1. The summed E-state index contributed by atoms with van der Waals surface area (Å²) < 4.78 is 6.68. The van der Waals surface area contributed by atoms with Crippen LogP contribution in [0.3, 0.4) is 0 Å². The molecule has 1 rings (SSSR count). The summed E-state index contributed by atoms with van der Waals surface area (Å²) in [6, 6.07) is 3.47. The van der Waals surface area contributed by atoms with Gasteiger partial charge >= 0.3 is 5.97 Å². The molecule has 0 saturated carbocycles. The zero-order chi connectivity index (χ0) is 8.97. The molecule has 0 bridgehead atoms. The number of halogens is 1. The molecule has 0 radical (unpaired) electrons. The average molecular weight is 294 g/mol. The quantitative estimate of drug-likeness (QED) is 0.468. The van der Waals surface area contributed by atoms with Gasteiger partial charge in [0.05, 0.1) is 12.2 Å². The molecule has 13 heavy (non-hydrogen) atoms. The van der Waals surface area contributed by atoms with Crippen LogP contribution in [0.25, 0.3) is 0 Å². The van der Waals surface area contributed by atoms with Crippen LogP contribution < -0.4 is 4.57 Å². The Hall–Kier alpha value is -0.650. The van der Waals surface area contributed by atoms with E-state index >= 15 is 0 Å². The van der Waals surface area contributed by atoms with Gasteiger partial charge in [0.2, 0.25) is 0 Å². The molecule has 0 spiro atoms. The van der Waals surface area contributed by atoms with Crippen LogP contribution in [-0.2, 0) is 11.8 Å². The Balaban J connectivity index is 0.00000144. The molecule has 0 aromatic carbocycles. The molecule has 0 fully saturated rings. The van der Waals surface area contributed by atoms with Gasteiger partial charge in [0.1, 0.15) is 7.05 Å². The molecule has 0 saturated heterocycles. The third kappa shape index (κ3) is 3.71. The summed E-state index contributed by atoms with van der Waals surface area (Å²) >= 11 is 0. The normalized spacial score (nSPS) is 8.77. The number of rotatable bonds is 2. The van der Waals surface area contributed by atoms with Crippen molar-refractivity contribution in [3.05, 3.63) is 30.1 Å². The minimum atomic E-state index is -0.266. The van der Waals surface area contributed by atoms with Crippen LogP contribution in [-0.4, -0.2) is 12.6 Å². The van der Waals surface area contributed by atoms with E-state index in [9.17, 15) is 4.79 Å². The molecule has 0 unspecified atom stereocenters. The first-order valence-electron chi connectivity index (χ1n) is 3.86. The highest BCUT2D eigenvalue weighted by atomic mass is 127. The molecule has 72 valence electrons. The van der Waals surface area contributed by atoms with Crippen LogP contribution >= 0.6 is 24.0 Å². The second-order valence-electron chi connectivity index (χ2n) is 2.47. The number of aryl methyl sites for hydroxylation is 1. The first-order valence-corrected chi connectivity index (χ1v) is 3.86. The van der Waals surface area contributed by atoms with Crippen molar-refractivity contribution in [2.45, 2.75) is 6.92 Å². The maximum Gasteiger partial charge on any atom is 0.338 e. The van der Waals surface area contributed by atoms with Crippen molar-refractivity contribution >= 4 is 29.9 Å². The van der Waals surface area contributed by atoms with Gasteiger partial charge in [-0.15, -0.1) is 24.0 Å². The summed E-state index contributed by atoms with van der Waals surface area (Å²) in [6.07, 6.45) is 3.62. The highest BCUT2D eigenvalue weighted by Crippen LogP contribution is 1.97. The average Bonchev–Trinajstić information content (AvgIpc) is 2.06. The van der Waals surface area contributed by atoms with E-state index in [4.69, 9.17) is 4.74 Å². The third-order valence-electron chi connectivity index (χ3n) is 1.49.